The molecule has 0 unspecified atom stereocenters. The number of aromatic hydroxyl groups is 1. The van der Waals surface area contributed by atoms with E-state index in [2.05, 4.69) is 5.32 Å². The zero-order chi connectivity index (χ0) is 31.4. The van der Waals surface area contributed by atoms with Crippen molar-refractivity contribution < 1.29 is 43.9 Å². The predicted octanol–water partition coefficient (Wildman–Crippen LogP) is 1.70. The average Bonchev–Trinajstić information content (AvgIpc) is 2.95. The molecule has 5 rings (SSSR count). The van der Waals surface area contributed by atoms with Crippen molar-refractivity contribution in [1.29, 1.82) is 0 Å². The summed E-state index contributed by atoms with van der Waals surface area (Å²) in [4.78, 5) is 41.0. The predicted molar refractivity (Wildman–Crippen MR) is 154 cm³/mol. The van der Waals surface area contributed by atoms with Gasteiger partial charge in [0.25, 0.3) is 5.91 Å². The molecule has 228 valence electrons. The number of nitrogens with two attached hydrogens (primary N) is 1. The van der Waals surface area contributed by atoms with Gasteiger partial charge in [0, 0.05) is 30.1 Å². The third-order valence-corrected chi connectivity index (χ3v) is 8.76. The lowest BCUT2D eigenvalue weighted by Crippen LogP contribution is -2.65. The molecule has 0 aromatic heterocycles. The lowest BCUT2D eigenvalue weighted by molar-refractivity contribution is -0.153. The first-order chi connectivity index (χ1) is 20.4. The van der Waals surface area contributed by atoms with Crippen LogP contribution in [0.4, 0.5) is 4.39 Å². The van der Waals surface area contributed by atoms with E-state index in [4.69, 9.17) is 10.5 Å². The highest BCUT2D eigenvalue weighted by Crippen LogP contribution is 2.54. The number of rotatable bonds is 8. The first-order valence-electron chi connectivity index (χ1n) is 13.8. The van der Waals surface area contributed by atoms with E-state index < -0.39 is 64.7 Å². The number of halogens is 1. The Morgan fingerprint density at radius 2 is 1.88 bits per heavy atom. The molecule has 1 fully saturated rings. The van der Waals surface area contributed by atoms with Crippen LogP contribution in [0.5, 0.6) is 11.5 Å². The molecule has 0 spiro atoms. The standard InChI is InChI=1S/C31H34FN3O8/c1-35(2)25-19-12-15-11-18-16(17-10-14(13-34-9-8-32)4-7-21(17)43-3)5-6-20(36)23(18)26(37)22(15)28(39)31(19,42)29(40)24(27(25)38)30(33)41/h4-7,10,15,19,25,34,36-37,40,42H,8-9,11-13H2,1-3H3,(H2,33,41)/t15-,19-,25-,31-/m0/s1. The van der Waals surface area contributed by atoms with Crippen LogP contribution in [0.15, 0.2) is 47.2 Å². The van der Waals surface area contributed by atoms with Gasteiger partial charge in [-0.3, -0.25) is 19.3 Å². The number of aliphatic hydroxyl groups excluding tert-OH is 2. The van der Waals surface area contributed by atoms with Gasteiger partial charge in [-0.15, -0.1) is 0 Å². The number of nitrogens with zero attached hydrogens (tertiary/aromatic N) is 1. The van der Waals surface area contributed by atoms with E-state index in [9.17, 15) is 39.2 Å². The van der Waals surface area contributed by atoms with Crippen molar-refractivity contribution in [1.82, 2.24) is 10.2 Å². The number of likely N-dealkylation sites (N-methyl/N-ethyl adjacent to an activating group) is 1. The van der Waals surface area contributed by atoms with Gasteiger partial charge in [-0.1, -0.05) is 12.1 Å². The van der Waals surface area contributed by atoms with Gasteiger partial charge in [0.2, 0.25) is 5.78 Å². The fourth-order valence-corrected chi connectivity index (χ4v) is 6.87. The lowest BCUT2D eigenvalue weighted by Gasteiger charge is -2.50. The van der Waals surface area contributed by atoms with Crippen molar-refractivity contribution in [2.75, 3.05) is 34.4 Å². The van der Waals surface area contributed by atoms with Crippen LogP contribution >= 0.6 is 0 Å². The lowest BCUT2D eigenvalue weighted by atomic mass is 9.57. The number of phenols is 1. The monoisotopic (exact) mass is 595 g/mol. The van der Waals surface area contributed by atoms with Crippen molar-refractivity contribution in [2.24, 2.45) is 17.6 Å². The molecule has 0 heterocycles. The van der Waals surface area contributed by atoms with Crippen molar-refractivity contribution in [2.45, 2.75) is 31.0 Å². The molecule has 0 aliphatic heterocycles. The summed E-state index contributed by atoms with van der Waals surface area (Å²) in [6, 6.07) is 7.31. The van der Waals surface area contributed by atoms with Crippen molar-refractivity contribution in [3.8, 4) is 22.6 Å². The topological polar surface area (TPSA) is 183 Å². The fourth-order valence-electron chi connectivity index (χ4n) is 6.87. The number of carbonyl (C=O) groups excluding carboxylic acids is 3. The largest absolute Gasteiger partial charge is 0.508 e. The van der Waals surface area contributed by atoms with Crippen LogP contribution in [0.2, 0.25) is 0 Å². The summed E-state index contributed by atoms with van der Waals surface area (Å²) in [5.41, 5.74) is 4.16. The van der Waals surface area contributed by atoms with E-state index in [1.165, 1.54) is 18.1 Å². The minimum atomic E-state index is -2.71. The number of Topliss-reactive ketones (excluding diaryl/α,β-unsaturated/α-hetero) is 2. The van der Waals surface area contributed by atoms with E-state index in [-0.39, 0.29) is 36.3 Å². The molecule has 2 aromatic carbocycles. The molecule has 12 heteroatoms. The van der Waals surface area contributed by atoms with E-state index in [0.717, 1.165) is 5.56 Å². The molecule has 1 amide bonds. The Labute approximate surface area is 247 Å². The normalized spacial score (nSPS) is 25.0. The zero-order valence-corrected chi connectivity index (χ0v) is 24.0. The molecule has 3 aliphatic rings. The number of aliphatic hydroxyl groups is 3. The number of carbonyl (C=O) groups is 3. The van der Waals surface area contributed by atoms with E-state index >= 15 is 0 Å². The van der Waals surface area contributed by atoms with Crippen molar-refractivity contribution in [3.05, 3.63) is 63.9 Å². The quantitative estimate of drug-likeness (QED) is 0.194. The summed E-state index contributed by atoms with van der Waals surface area (Å²) >= 11 is 0. The molecule has 2 aromatic rings. The van der Waals surface area contributed by atoms with Gasteiger partial charge in [-0.25, -0.2) is 4.39 Å². The van der Waals surface area contributed by atoms with E-state index in [1.807, 2.05) is 12.1 Å². The Kier molecular flexibility index (Phi) is 7.80. The van der Waals surface area contributed by atoms with E-state index in [0.29, 0.717) is 29.0 Å². The summed E-state index contributed by atoms with van der Waals surface area (Å²) in [5.74, 6) is -6.59. The van der Waals surface area contributed by atoms with Gasteiger partial charge in [0.1, 0.15) is 35.3 Å². The van der Waals surface area contributed by atoms with Gasteiger partial charge in [-0.05, 0) is 67.7 Å². The minimum absolute atomic E-state index is 0.0169. The summed E-state index contributed by atoms with van der Waals surface area (Å²) in [5, 5.41) is 48.2. The molecule has 7 N–H and O–H groups in total. The van der Waals surface area contributed by atoms with Gasteiger partial charge < -0.3 is 36.2 Å². The highest BCUT2D eigenvalue weighted by Gasteiger charge is 2.64. The molecule has 43 heavy (non-hydrogen) atoms. The zero-order valence-electron chi connectivity index (χ0n) is 24.0. The van der Waals surface area contributed by atoms with Crippen LogP contribution in [0, 0.1) is 11.8 Å². The summed E-state index contributed by atoms with van der Waals surface area (Å²) in [7, 11) is 4.60. The molecule has 3 aliphatic carbocycles. The number of primary amides is 1. The number of methoxy groups -OCH3 is 1. The van der Waals surface area contributed by atoms with E-state index in [1.54, 1.807) is 26.2 Å². The Hall–Kier alpha value is -4.26. The van der Waals surface area contributed by atoms with Gasteiger partial charge in [-0.2, -0.15) is 0 Å². The third-order valence-electron chi connectivity index (χ3n) is 8.76. The van der Waals surface area contributed by atoms with Gasteiger partial charge in [0.05, 0.1) is 18.7 Å². The number of hydrogen-bond donors (Lipinski definition) is 6. The number of hydrogen-bond acceptors (Lipinski definition) is 10. The Morgan fingerprint density at radius 3 is 2.51 bits per heavy atom. The van der Waals surface area contributed by atoms with Crippen LogP contribution in [0.1, 0.15) is 23.1 Å². The van der Waals surface area contributed by atoms with Crippen molar-refractivity contribution >= 4 is 23.2 Å². The Bertz CT molecular complexity index is 1600. The first kappa shape index (κ1) is 30.2. The fraction of sp³-hybridized carbons (Fsp3) is 0.387. The molecule has 0 bridgehead atoms. The second-order valence-corrected chi connectivity index (χ2v) is 11.3. The van der Waals surface area contributed by atoms with Crippen LogP contribution < -0.4 is 15.8 Å². The Balaban J connectivity index is 1.69. The molecule has 1 saturated carbocycles. The second kappa shape index (κ2) is 11.1. The maximum absolute atomic E-state index is 14.0. The third kappa shape index (κ3) is 4.57. The smallest absolute Gasteiger partial charge is 0.255 e. The van der Waals surface area contributed by atoms with Gasteiger partial charge >= 0.3 is 0 Å². The van der Waals surface area contributed by atoms with Crippen LogP contribution in [-0.4, -0.2) is 88.9 Å². The molecule has 4 atom stereocenters. The van der Waals surface area contributed by atoms with Gasteiger partial charge in [0.15, 0.2) is 11.4 Å². The summed E-state index contributed by atoms with van der Waals surface area (Å²) in [6.45, 7) is 0.0528. The first-order valence-corrected chi connectivity index (χ1v) is 13.8. The molecular weight excluding hydrogens is 561 g/mol. The number of ether oxygens (including phenoxy) is 1. The number of amides is 1. The minimum Gasteiger partial charge on any atom is -0.508 e. The Morgan fingerprint density at radius 1 is 1.16 bits per heavy atom. The van der Waals surface area contributed by atoms with Crippen LogP contribution in [0.25, 0.3) is 16.9 Å². The van der Waals surface area contributed by atoms with Crippen LogP contribution in [-0.2, 0) is 27.3 Å². The van der Waals surface area contributed by atoms with Crippen LogP contribution in [0.3, 0.4) is 0 Å². The number of benzene rings is 2. The maximum atomic E-state index is 14.0. The molecule has 0 saturated heterocycles. The number of alkyl halides is 1. The second-order valence-electron chi connectivity index (χ2n) is 11.3. The average molecular weight is 596 g/mol. The SMILES string of the molecule is COc1ccc(CNCCF)cc1-c1ccc(O)c2c1C[C@H]1C[C@H]3[C@H](N(C)C)C(=O)C(C(N)=O)=C(O)[C@@]3(O)C(=O)C1=C2O. The summed E-state index contributed by atoms with van der Waals surface area (Å²) < 4.78 is 18.3. The summed E-state index contributed by atoms with van der Waals surface area (Å²) in [6.07, 6.45) is 0.108. The molecular formula is C31H34FN3O8. The number of ketones is 2. The maximum Gasteiger partial charge on any atom is 0.255 e. The highest BCUT2D eigenvalue weighted by atomic mass is 19.1. The number of fused-ring (bicyclic) bond motifs is 3. The molecule has 0 radical (unpaired) electrons. The number of nitrogens with one attached hydrogen (secondary N) is 1. The number of phenolic OH excluding ortho intramolecular Hbond substituents is 1. The van der Waals surface area contributed by atoms with Crippen molar-refractivity contribution in [3.63, 3.8) is 0 Å². The highest BCUT2D eigenvalue weighted by molar-refractivity contribution is 6.24. The molecule has 11 nitrogen and oxygen atoms in total.